The fourth-order valence-electron chi connectivity index (χ4n) is 1.39. The van der Waals surface area contributed by atoms with Crippen LogP contribution < -0.4 is 9.47 Å². The Balaban J connectivity index is 2.79. The molecule has 0 saturated heterocycles. The SMILES string of the molecule is C/C=C/c1ccc(OCC(C)C(=O)O)c(OC)c1. The molecular formula is C14H18O4. The predicted octanol–water partition coefficient (Wildman–Crippen LogP) is 2.83. The van der Waals surface area contributed by atoms with Crippen LogP contribution in [0.4, 0.5) is 0 Å². The summed E-state index contributed by atoms with van der Waals surface area (Å²) < 4.78 is 10.7. The quantitative estimate of drug-likeness (QED) is 0.843. The Kier molecular flexibility index (Phi) is 5.24. The van der Waals surface area contributed by atoms with Gasteiger partial charge in [0.05, 0.1) is 13.0 Å². The first kappa shape index (κ1) is 14.1. The minimum atomic E-state index is -0.875. The highest BCUT2D eigenvalue weighted by Gasteiger charge is 2.13. The summed E-state index contributed by atoms with van der Waals surface area (Å²) in [4.78, 5) is 10.7. The summed E-state index contributed by atoms with van der Waals surface area (Å²) in [7, 11) is 1.56. The van der Waals surface area contributed by atoms with E-state index in [0.717, 1.165) is 5.56 Å². The number of ether oxygens (including phenoxy) is 2. The summed E-state index contributed by atoms with van der Waals surface area (Å²) in [5.41, 5.74) is 1.01. The van der Waals surface area contributed by atoms with Crippen molar-refractivity contribution in [3.63, 3.8) is 0 Å². The first-order valence-corrected chi connectivity index (χ1v) is 5.74. The predicted molar refractivity (Wildman–Crippen MR) is 70.0 cm³/mol. The zero-order valence-electron chi connectivity index (χ0n) is 10.8. The molecule has 0 aliphatic rings. The third kappa shape index (κ3) is 3.80. The molecule has 4 nitrogen and oxygen atoms in total. The summed E-state index contributed by atoms with van der Waals surface area (Å²) in [6, 6.07) is 5.52. The van der Waals surface area contributed by atoms with Crippen LogP contribution in [0.15, 0.2) is 24.3 Å². The number of hydrogen-bond donors (Lipinski definition) is 1. The number of rotatable bonds is 6. The summed E-state index contributed by atoms with van der Waals surface area (Å²) in [5.74, 6) is -0.272. The Labute approximate surface area is 107 Å². The molecule has 98 valence electrons. The van der Waals surface area contributed by atoms with Crippen molar-refractivity contribution in [1.29, 1.82) is 0 Å². The maximum Gasteiger partial charge on any atom is 0.309 e. The zero-order valence-corrected chi connectivity index (χ0v) is 10.8. The summed E-state index contributed by atoms with van der Waals surface area (Å²) in [6.45, 7) is 3.66. The van der Waals surface area contributed by atoms with Gasteiger partial charge in [-0.3, -0.25) is 4.79 Å². The van der Waals surface area contributed by atoms with Gasteiger partial charge < -0.3 is 14.6 Å². The number of allylic oxidation sites excluding steroid dienone is 1. The van der Waals surface area contributed by atoms with E-state index in [2.05, 4.69) is 0 Å². The molecule has 0 heterocycles. The van der Waals surface area contributed by atoms with E-state index in [9.17, 15) is 4.79 Å². The molecule has 1 rings (SSSR count). The Morgan fingerprint density at radius 1 is 1.44 bits per heavy atom. The van der Waals surface area contributed by atoms with Gasteiger partial charge in [-0.15, -0.1) is 0 Å². The van der Waals surface area contributed by atoms with Crippen molar-refractivity contribution in [1.82, 2.24) is 0 Å². The van der Waals surface area contributed by atoms with Crippen LogP contribution >= 0.6 is 0 Å². The van der Waals surface area contributed by atoms with Crippen molar-refractivity contribution in [3.8, 4) is 11.5 Å². The molecule has 1 aromatic rings. The van der Waals surface area contributed by atoms with Crippen molar-refractivity contribution in [2.75, 3.05) is 13.7 Å². The molecule has 0 bridgehead atoms. The molecule has 0 radical (unpaired) electrons. The van der Waals surface area contributed by atoms with Gasteiger partial charge in [-0.25, -0.2) is 0 Å². The number of aliphatic carboxylic acids is 1. The number of carboxylic acids is 1. The smallest absolute Gasteiger partial charge is 0.309 e. The molecule has 0 aromatic heterocycles. The Morgan fingerprint density at radius 3 is 2.72 bits per heavy atom. The van der Waals surface area contributed by atoms with E-state index in [1.165, 1.54) is 0 Å². The van der Waals surface area contributed by atoms with E-state index in [0.29, 0.717) is 11.5 Å². The van der Waals surface area contributed by atoms with Crippen LogP contribution in [0.5, 0.6) is 11.5 Å². The first-order chi connectivity index (χ1) is 8.58. The van der Waals surface area contributed by atoms with E-state index in [1.54, 1.807) is 20.1 Å². The summed E-state index contributed by atoms with van der Waals surface area (Å²) in [6.07, 6.45) is 3.88. The van der Waals surface area contributed by atoms with Crippen LogP contribution in [-0.2, 0) is 4.79 Å². The first-order valence-electron chi connectivity index (χ1n) is 5.74. The average molecular weight is 250 g/mol. The molecule has 0 fully saturated rings. The number of benzene rings is 1. The fourth-order valence-corrected chi connectivity index (χ4v) is 1.39. The van der Waals surface area contributed by atoms with Crippen molar-refractivity contribution in [3.05, 3.63) is 29.8 Å². The Bertz CT molecular complexity index is 437. The molecule has 1 aromatic carbocycles. The van der Waals surface area contributed by atoms with Crippen molar-refractivity contribution in [2.45, 2.75) is 13.8 Å². The second kappa shape index (κ2) is 6.69. The van der Waals surface area contributed by atoms with Gasteiger partial charge in [-0.2, -0.15) is 0 Å². The fraction of sp³-hybridized carbons (Fsp3) is 0.357. The van der Waals surface area contributed by atoms with Gasteiger partial charge in [0.2, 0.25) is 0 Å². The molecule has 18 heavy (non-hydrogen) atoms. The topological polar surface area (TPSA) is 55.8 Å². The molecule has 0 amide bonds. The van der Waals surface area contributed by atoms with Gasteiger partial charge in [0, 0.05) is 0 Å². The summed E-state index contributed by atoms with van der Waals surface area (Å²) in [5, 5.41) is 8.78. The molecule has 0 aliphatic carbocycles. The van der Waals surface area contributed by atoms with Gasteiger partial charge in [-0.05, 0) is 31.5 Å². The van der Waals surface area contributed by atoms with E-state index >= 15 is 0 Å². The molecule has 0 aliphatic heterocycles. The Hall–Kier alpha value is -1.97. The molecule has 1 unspecified atom stereocenters. The lowest BCUT2D eigenvalue weighted by atomic mass is 10.2. The van der Waals surface area contributed by atoms with Crippen LogP contribution in [0, 0.1) is 5.92 Å². The van der Waals surface area contributed by atoms with Crippen LogP contribution in [0.3, 0.4) is 0 Å². The Morgan fingerprint density at radius 2 is 2.17 bits per heavy atom. The third-order valence-electron chi connectivity index (χ3n) is 2.46. The van der Waals surface area contributed by atoms with Gasteiger partial charge >= 0.3 is 5.97 Å². The second-order valence-corrected chi connectivity index (χ2v) is 3.96. The lowest BCUT2D eigenvalue weighted by molar-refractivity contribution is -0.142. The number of carboxylic acid groups (broad SMARTS) is 1. The van der Waals surface area contributed by atoms with Crippen molar-refractivity contribution < 1.29 is 19.4 Å². The highest BCUT2D eigenvalue weighted by Crippen LogP contribution is 2.28. The molecule has 0 spiro atoms. The largest absolute Gasteiger partial charge is 0.493 e. The number of hydrogen-bond acceptors (Lipinski definition) is 3. The van der Waals surface area contributed by atoms with Gasteiger partial charge in [0.25, 0.3) is 0 Å². The zero-order chi connectivity index (χ0) is 13.5. The molecular weight excluding hydrogens is 232 g/mol. The van der Waals surface area contributed by atoms with Crippen LogP contribution in [0.1, 0.15) is 19.4 Å². The van der Waals surface area contributed by atoms with Gasteiger partial charge in [-0.1, -0.05) is 18.2 Å². The molecule has 4 heteroatoms. The number of carbonyl (C=O) groups is 1. The van der Waals surface area contributed by atoms with E-state index in [-0.39, 0.29) is 6.61 Å². The number of methoxy groups -OCH3 is 1. The average Bonchev–Trinajstić information content (AvgIpc) is 2.36. The maximum absolute atomic E-state index is 10.7. The minimum Gasteiger partial charge on any atom is -0.493 e. The molecule has 1 atom stereocenters. The van der Waals surface area contributed by atoms with Crippen LogP contribution in [-0.4, -0.2) is 24.8 Å². The molecule has 1 N–H and O–H groups in total. The molecule has 0 saturated carbocycles. The highest BCUT2D eigenvalue weighted by atomic mass is 16.5. The van der Waals surface area contributed by atoms with E-state index in [1.807, 2.05) is 31.2 Å². The van der Waals surface area contributed by atoms with Gasteiger partial charge in [0.15, 0.2) is 11.5 Å². The van der Waals surface area contributed by atoms with Gasteiger partial charge in [0.1, 0.15) is 6.61 Å². The summed E-state index contributed by atoms with van der Waals surface area (Å²) >= 11 is 0. The highest BCUT2D eigenvalue weighted by molar-refractivity contribution is 5.69. The normalized spacial score (nSPS) is 12.4. The van der Waals surface area contributed by atoms with Crippen molar-refractivity contribution >= 4 is 12.0 Å². The monoisotopic (exact) mass is 250 g/mol. The van der Waals surface area contributed by atoms with E-state index in [4.69, 9.17) is 14.6 Å². The van der Waals surface area contributed by atoms with E-state index < -0.39 is 11.9 Å². The standard InChI is InChI=1S/C14H18O4/c1-4-5-11-6-7-12(13(8-11)17-3)18-9-10(2)14(15)16/h4-8,10H,9H2,1-3H3,(H,15,16)/b5-4+. The second-order valence-electron chi connectivity index (χ2n) is 3.96. The minimum absolute atomic E-state index is 0.120. The van der Waals surface area contributed by atoms with Crippen molar-refractivity contribution in [2.24, 2.45) is 5.92 Å². The van der Waals surface area contributed by atoms with Crippen LogP contribution in [0.2, 0.25) is 0 Å². The third-order valence-corrected chi connectivity index (χ3v) is 2.46. The maximum atomic E-state index is 10.7. The van der Waals surface area contributed by atoms with Crippen LogP contribution in [0.25, 0.3) is 6.08 Å². The lowest BCUT2D eigenvalue weighted by Gasteiger charge is -2.13. The lowest BCUT2D eigenvalue weighted by Crippen LogP contribution is -2.18.